The molecule has 1 saturated heterocycles. The second-order valence-corrected chi connectivity index (χ2v) is 7.00. The van der Waals surface area contributed by atoms with E-state index in [0.717, 1.165) is 38.2 Å². The van der Waals surface area contributed by atoms with Gasteiger partial charge in [0.1, 0.15) is 0 Å². The highest BCUT2D eigenvalue weighted by atomic mass is 32.2. The van der Waals surface area contributed by atoms with Gasteiger partial charge in [0.25, 0.3) is 0 Å². The van der Waals surface area contributed by atoms with Crippen molar-refractivity contribution in [2.24, 2.45) is 0 Å². The number of fused-ring (bicyclic) bond motifs is 1. The highest BCUT2D eigenvalue weighted by molar-refractivity contribution is 8.00. The molecule has 0 saturated carbocycles. The van der Waals surface area contributed by atoms with Gasteiger partial charge in [-0.05, 0) is 24.0 Å². The highest BCUT2D eigenvalue weighted by Crippen LogP contribution is 2.23. The van der Waals surface area contributed by atoms with E-state index in [-0.39, 0.29) is 6.04 Å². The van der Waals surface area contributed by atoms with Crippen LogP contribution in [0.1, 0.15) is 24.5 Å². The molecule has 20 heavy (non-hydrogen) atoms. The lowest BCUT2D eigenvalue weighted by molar-refractivity contribution is -0.133. The van der Waals surface area contributed by atoms with E-state index in [1.54, 1.807) is 0 Å². The first kappa shape index (κ1) is 14.0. The fourth-order valence-corrected chi connectivity index (χ4v) is 4.20. The molecule has 0 radical (unpaired) electrons. The van der Waals surface area contributed by atoms with Crippen LogP contribution in [0.5, 0.6) is 0 Å². The second kappa shape index (κ2) is 6.19. The molecule has 0 aliphatic carbocycles. The number of thioether (sulfide) groups is 1. The van der Waals surface area contributed by atoms with E-state index in [4.69, 9.17) is 0 Å². The van der Waals surface area contributed by atoms with Gasteiger partial charge in [-0.15, -0.1) is 0 Å². The highest BCUT2D eigenvalue weighted by Gasteiger charge is 2.30. The molecule has 4 heteroatoms. The van der Waals surface area contributed by atoms with Crippen LogP contribution in [0, 0.1) is 0 Å². The van der Waals surface area contributed by atoms with Gasteiger partial charge < -0.3 is 10.2 Å². The normalized spacial score (nSPS) is 26.1. The maximum Gasteiger partial charge on any atom is 0.240 e. The van der Waals surface area contributed by atoms with Crippen LogP contribution in [0.25, 0.3) is 0 Å². The number of amides is 1. The van der Waals surface area contributed by atoms with Gasteiger partial charge in [0, 0.05) is 30.6 Å². The van der Waals surface area contributed by atoms with Crippen LogP contribution in [0.2, 0.25) is 0 Å². The van der Waals surface area contributed by atoms with E-state index >= 15 is 0 Å². The molecule has 1 unspecified atom stereocenters. The Hall–Kier alpha value is -1.00. The minimum absolute atomic E-state index is 0.0366. The third-order valence-electron chi connectivity index (χ3n) is 4.29. The summed E-state index contributed by atoms with van der Waals surface area (Å²) in [6.07, 6.45) is 1.98. The van der Waals surface area contributed by atoms with Gasteiger partial charge in [0.05, 0.1) is 6.04 Å². The summed E-state index contributed by atoms with van der Waals surface area (Å²) >= 11 is 2.01. The molecule has 0 bridgehead atoms. The van der Waals surface area contributed by atoms with Crippen molar-refractivity contribution in [3.05, 3.63) is 35.4 Å². The molecular formula is C16H22N2OS. The van der Waals surface area contributed by atoms with Crippen LogP contribution in [-0.2, 0) is 17.8 Å². The molecular weight excluding hydrogens is 268 g/mol. The Morgan fingerprint density at radius 1 is 1.40 bits per heavy atom. The fourth-order valence-electron chi connectivity index (χ4n) is 3.02. The van der Waals surface area contributed by atoms with Crippen molar-refractivity contribution < 1.29 is 4.79 Å². The quantitative estimate of drug-likeness (QED) is 0.905. The summed E-state index contributed by atoms with van der Waals surface area (Å²) in [6, 6.07) is 8.39. The molecule has 0 spiro atoms. The number of carbonyl (C=O) groups is 1. The summed E-state index contributed by atoms with van der Waals surface area (Å²) in [5.74, 6) is 1.37. The monoisotopic (exact) mass is 290 g/mol. The number of benzene rings is 1. The average Bonchev–Trinajstić information content (AvgIpc) is 2.53. The molecule has 2 aliphatic heterocycles. The number of nitrogens with zero attached hydrogens (tertiary/aromatic N) is 1. The van der Waals surface area contributed by atoms with Crippen molar-refractivity contribution in [3.8, 4) is 0 Å². The van der Waals surface area contributed by atoms with Gasteiger partial charge in [-0.2, -0.15) is 11.8 Å². The zero-order chi connectivity index (χ0) is 13.9. The largest absolute Gasteiger partial charge is 0.339 e. The molecule has 3 rings (SSSR count). The third-order valence-corrected chi connectivity index (χ3v) is 5.66. The Kier molecular flexibility index (Phi) is 4.32. The lowest BCUT2D eigenvalue weighted by Gasteiger charge is -2.36. The van der Waals surface area contributed by atoms with Crippen LogP contribution in [0.4, 0.5) is 0 Å². The topological polar surface area (TPSA) is 32.3 Å². The Morgan fingerprint density at radius 2 is 2.20 bits per heavy atom. The molecule has 1 N–H and O–H groups in total. The number of nitrogens with one attached hydrogen (secondary N) is 1. The first-order valence-electron chi connectivity index (χ1n) is 7.48. The Labute approximate surface area is 125 Å². The van der Waals surface area contributed by atoms with E-state index < -0.39 is 0 Å². The van der Waals surface area contributed by atoms with Crippen LogP contribution >= 0.6 is 11.8 Å². The predicted molar refractivity (Wildman–Crippen MR) is 83.9 cm³/mol. The van der Waals surface area contributed by atoms with E-state index in [1.165, 1.54) is 11.1 Å². The molecule has 108 valence electrons. The SMILES string of the molecule is CCC1CN(C(=O)[C@@H]2Cc3ccccc3CN2)CCS1. The van der Waals surface area contributed by atoms with Crippen molar-refractivity contribution in [3.63, 3.8) is 0 Å². The minimum Gasteiger partial charge on any atom is -0.339 e. The molecule has 0 aromatic heterocycles. The van der Waals surface area contributed by atoms with Gasteiger partial charge in [0.15, 0.2) is 0 Å². The third kappa shape index (κ3) is 2.86. The van der Waals surface area contributed by atoms with Crippen molar-refractivity contribution in [2.45, 2.75) is 37.6 Å². The molecule has 3 nitrogen and oxygen atoms in total. The second-order valence-electron chi connectivity index (χ2n) is 5.59. The van der Waals surface area contributed by atoms with Crippen molar-refractivity contribution in [1.82, 2.24) is 10.2 Å². The summed E-state index contributed by atoms with van der Waals surface area (Å²) in [4.78, 5) is 14.7. The smallest absolute Gasteiger partial charge is 0.240 e. The number of hydrogen-bond donors (Lipinski definition) is 1. The molecule has 2 heterocycles. The van der Waals surface area contributed by atoms with Crippen LogP contribution in [0.15, 0.2) is 24.3 Å². The Bertz CT molecular complexity index is 491. The summed E-state index contributed by atoms with van der Waals surface area (Å²) in [5, 5.41) is 4.02. The zero-order valence-electron chi connectivity index (χ0n) is 12.0. The summed E-state index contributed by atoms with van der Waals surface area (Å²) in [6.45, 7) is 4.84. The number of rotatable bonds is 2. The molecule has 1 amide bonds. The van der Waals surface area contributed by atoms with E-state index in [9.17, 15) is 4.79 Å². The first-order chi connectivity index (χ1) is 9.78. The fraction of sp³-hybridized carbons (Fsp3) is 0.562. The van der Waals surface area contributed by atoms with Crippen LogP contribution in [0.3, 0.4) is 0 Å². The number of carbonyl (C=O) groups excluding carboxylic acids is 1. The van der Waals surface area contributed by atoms with Crippen LogP contribution < -0.4 is 5.32 Å². The van der Waals surface area contributed by atoms with Crippen molar-refractivity contribution in [2.75, 3.05) is 18.8 Å². The maximum absolute atomic E-state index is 12.7. The average molecular weight is 290 g/mol. The zero-order valence-corrected chi connectivity index (χ0v) is 12.8. The van der Waals surface area contributed by atoms with Crippen molar-refractivity contribution >= 4 is 17.7 Å². The van der Waals surface area contributed by atoms with Gasteiger partial charge >= 0.3 is 0 Å². The molecule has 2 atom stereocenters. The summed E-state index contributed by atoms with van der Waals surface area (Å²) < 4.78 is 0. The predicted octanol–water partition coefficient (Wildman–Crippen LogP) is 2.05. The maximum atomic E-state index is 12.7. The Morgan fingerprint density at radius 3 is 3.00 bits per heavy atom. The molecule has 1 aromatic rings. The molecule has 1 aromatic carbocycles. The van der Waals surface area contributed by atoms with E-state index in [0.29, 0.717) is 11.2 Å². The van der Waals surface area contributed by atoms with E-state index in [1.807, 2.05) is 11.8 Å². The minimum atomic E-state index is -0.0366. The lowest BCUT2D eigenvalue weighted by atomic mass is 9.95. The van der Waals surface area contributed by atoms with Gasteiger partial charge in [0.2, 0.25) is 5.91 Å². The summed E-state index contributed by atoms with van der Waals surface area (Å²) in [5.41, 5.74) is 2.65. The van der Waals surface area contributed by atoms with Gasteiger partial charge in [-0.3, -0.25) is 4.79 Å². The Balaban J connectivity index is 1.67. The van der Waals surface area contributed by atoms with Gasteiger partial charge in [-0.25, -0.2) is 0 Å². The lowest BCUT2D eigenvalue weighted by Crippen LogP contribution is -2.52. The summed E-state index contributed by atoms with van der Waals surface area (Å²) in [7, 11) is 0. The number of hydrogen-bond acceptors (Lipinski definition) is 3. The first-order valence-corrected chi connectivity index (χ1v) is 8.53. The van der Waals surface area contributed by atoms with Crippen LogP contribution in [-0.4, -0.2) is 40.9 Å². The van der Waals surface area contributed by atoms with E-state index in [2.05, 4.69) is 41.4 Å². The molecule has 1 fully saturated rings. The van der Waals surface area contributed by atoms with Crippen molar-refractivity contribution in [1.29, 1.82) is 0 Å². The molecule has 2 aliphatic rings. The standard InChI is InChI=1S/C16H22N2OS/c1-2-14-11-18(7-8-20-14)16(19)15-9-12-5-3-4-6-13(12)10-17-15/h3-6,14-15,17H,2,7-11H2,1H3/t14?,15-/m0/s1. The van der Waals surface area contributed by atoms with Gasteiger partial charge in [-0.1, -0.05) is 31.2 Å².